The summed E-state index contributed by atoms with van der Waals surface area (Å²) in [5.74, 6) is 0. The highest BCUT2D eigenvalue weighted by Gasteiger charge is 1.92. The van der Waals surface area contributed by atoms with E-state index in [4.69, 9.17) is 0 Å². The molecule has 0 radical (unpaired) electrons. The molecule has 0 N–H and O–H groups in total. The Morgan fingerprint density at radius 3 is 1.87 bits per heavy atom. The molecule has 23 heavy (non-hydrogen) atoms. The predicted molar refractivity (Wildman–Crippen MR) is 107 cm³/mol. The number of hydrogen-bond donors (Lipinski definition) is 0. The molecule has 0 fully saturated rings. The lowest BCUT2D eigenvalue weighted by molar-refractivity contribution is 0.566. The largest absolute Gasteiger partial charge is 0.354 e. The van der Waals surface area contributed by atoms with Crippen molar-refractivity contribution in [2.24, 2.45) is 4.99 Å². The molecule has 0 atom stereocenters. The third-order valence-corrected chi connectivity index (χ3v) is 4.20. The van der Waals surface area contributed by atoms with Crippen molar-refractivity contribution in [2.45, 2.75) is 91.0 Å². The maximum absolute atomic E-state index is 4.67. The second kappa shape index (κ2) is 16.3. The van der Waals surface area contributed by atoms with Crippen molar-refractivity contribution in [3.63, 3.8) is 0 Å². The van der Waals surface area contributed by atoms with Gasteiger partial charge in [0.25, 0.3) is 0 Å². The molecule has 1 heterocycles. The number of nitrogens with zero attached hydrogens (tertiary/aromatic N) is 2. The highest BCUT2D eigenvalue weighted by molar-refractivity contribution is 8.93. The summed E-state index contributed by atoms with van der Waals surface area (Å²) in [4.78, 5) is 4.67. The lowest BCUT2D eigenvalue weighted by Gasteiger charge is -2.05. The van der Waals surface area contributed by atoms with Crippen LogP contribution >= 0.6 is 17.0 Å². The summed E-state index contributed by atoms with van der Waals surface area (Å²) in [6.45, 7) is 6.65. The van der Waals surface area contributed by atoms with Gasteiger partial charge in [0.2, 0.25) is 0 Å². The maximum Gasteiger partial charge on any atom is 0.0603 e. The van der Waals surface area contributed by atoms with Crippen molar-refractivity contribution >= 4 is 17.0 Å². The van der Waals surface area contributed by atoms with Crippen LogP contribution in [0.15, 0.2) is 29.5 Å². The molecule has 0 saturated heterocycles. The van der Waals surface area contributed by atoms with E-state index in [9.17, 15) is 0 Å². The van der Waals surface area contributed by atoms with Crippen LogP contribution in [-0.4, -0.2) is 11.1 Å². The van der Waals surface area contributed by atoms with Crippen LogP contribution < -0.4 is 5.36 Å². The van der Waals surface area contributed by atoms with Gasteiger partial charge in [0, 0.05) is 25.5 Å². The molecule has 0 unspecified atom stereocenters. The summed E-state index contributed by atoms with van der Waals surface area (Å²) in [5, 5.41) is 1.13. The first-order valence-corrected chi connectivity index (χ1v) is 9.53. The second-order valence-corrected chi connectivity index (χ2v) is 6.36. The highest BCUT2D eigenvalue weighted by atomic mass is 79.9. The molecule has 1 aromatic heterocycles. The zero-order chi connectivity index (χ0) is 15.9. The van der Waals surface area contributed by atoms with E-state index in [1.165, 1.54) is 70.6 Å². The van der Waals surface area contributed by atoms with Crippen LogP contribution in [0, 0.1) is 0 Å². The standard InChI is InChI=1S/C20H36N2.BrH/c1-3-5-7-9-10-12-16-21-20-14-18-22(19-15-20)17-13-11-8-6-4-2;/h14-15,18-19H,3-13,16-17H2,1-2H3;1H. The van der Waals surface area contributed by atoms with Crippen LogP contribution in [0.2, 0.25) is 0 Å². The summed E-state index contributed by atoms with van der Waals surface area (Å²) in [6.07, 6.45) is 19.1. The lowest BCUT2D eigenvalue weighted by Crippen LogP contribution is -2.06. The average molecular weight is 385 g/mol. The van der Waals surface area contributed by atoms with E-state index < -0.39 is 0 Å². The molecular formula is C20H37BrN2. The number of hydrogen-bond acceptors (Lipinski definition) is 1. The molecule has 2 nitrogen and oxygen atoms in total. The van der Waals surface area contributed by atoms with Gasteiger partial charge >= 0.3 is 0 Å². The van der Waals surface area contributed by atoms with Crippen molar-refractivity contribution < 1.29 is 0 Å². The zero-order valence-corrected chi connectivity index (χ0v) is 17.0. The van der Waals surface area contributed by atoms with Crippen molar-refractivity contribution in [1.82, 2.24) is 4.57 Å². The van der Waals surface area contributed by atoms with Crippen LogP contribution in [0.4, 0.5) is 0 Å². The first-order valence-electron chi connectivity index (χ1n) is 9.53. The lowest BCUT2D eigenvalue weighted by atomic mass is 10.1. The van der Waals surface area contributed by atoms with Gasteiger partial charge in [0.1, 0.15) is 0 Å². The quantitative estimate of drug-likeness (QED) is 0.355. The average Bonchev–Trinajstić information content (AvgIpc) is 2.55. The first-order chi connectivity index (χ1) is 10.9. The fourth-order valence-corrected chi connectivity index (χ4v) is 2.70. The Hall–Kier alpha value is -0.570. The molecule has 0 bridgehead atoms. The molecule has 1 rings (SSSR count). The summed E-state index contributed by atoms with van der Waals surface area (Å²) in [5.41, 5.74) is 0. The van der Waals surface area contributed by atoms with Crippen LogP contribution in [-0.2, 0) is 6.54 Å². The molecule has 0 saturated carbocycles. The summed E-state index contributed by atoms with van der Waals surface area (Å²) in [7, 11) is 0. The van der Waals surface area contributed by atoms with Crippen LogP contribution in [0.3, 0.4) is 0 Å². The van der Waals surface area contributed by atoms with E-state index >= 15 is 0 Å². The van der Waals surface area contributed by atoms with Crippen molar-refractivity contribution in [1.29, 1.82) is 0 Å². The molecule has 0 spiro atoms. The van der Waals surface area contributed by atoms with E-state index in [0.29, 0.717) is 0 Å². The monoisotopic (exact) mass is 384 g/mol. The molecule has 134 valence electrons. The van der Waals surface area contributed by atoms with Crippen molar-refractivity contribution in [3.8, 4) is 0 Å². The molecule has 3 heteroatoms. The Labute approximate surface area is 154 Å². The number of aryl methyl sites for hydroxylation is 1. The van der Waals surface area contributed by atoms with Crippen LogP contribution in [0.5, 0.6) is 0 Å². The van der Waals surface area contributed by atoms with Gasteiger partial charge < -0.3 is 4.57 Å². The number of halogens is 1. The van der Waals surface area contributed by atoms with E-state index in [2.05, 4.69) is 47.9 Å². The van der Waals surface area contributed by atoms with Crippen molar-refractivity contribution in [3.05, 3.63) is 29.9 Å². The molecule has 0 aliphatic rings. The van der Waals surface area contributed by atoms with Crippen LogP contribution in [0.1, 0.15) is 84.5 Å². The van der Waals surface area contributed by atoms with E-state index in [-0.39, 0.29) is 17.0 Å². The maximum atomic E-state index is 4.67. The minimum absolute atomic E-state index is 0. The molecule has 0 aliphatic heterocycles. The number of unbranched alkanes of at least 4 members (excludes halogenated alkanes) is 9. The topological polar surface area (TPSA) is 17.3 Å². The fourth-order valence-electron chi connectivity index (χ4n) is 2.70. The van der Waals surface area contributed by atoms with E-state index in [1.54, 1.807) is 0 Å². The molecular weight excluding hydrogens is 348 g/mol. The normalized spacial score (nSPS) is 10.3. The Kier molecular flexibility index (Phi) is 15.9. The SMILES string of the molecule is Br.CCCCCCCCN=c1ccn(CCCCCCC)cc1. The Morgan fingerprint density at radius 1 is 0.739 bits per heavy atom. The minimum atomic E-state index is 0. The van der Waals surface area contributed by atoms with E-state index in [1.807, 2.05) is 0 Å². The van der Waals surface area contributed by atoms with Crippen molar-refractivity contribution in [2.75, 3.05) is 6.54 Å². The summed E-state index contributed by atoms with van der Waals surface area (Å²) in [6, 6.07) is 4.31. The summed E-state index contributed by atoms with van der Waals surface area (Å²) >= 11 is 0. The first kappa shape index (κ1) is 22.4. The van der Waals surface area contributed by atoms with Crippen LogP contribution in [0.25, 0.3) is 0 Å². The van der Waals surface area contributed by atoms with Gasteiger partial charge in [-0.15, -0.1) is 17.0 Å². The second-order valence-electron chi connectivity index (χ2n) is 6.36. The number of aromatic nitrogens is 1. The molecule has 1 aromatic rings. The van der Waals surface area contributed by atoms with Gasteiger partial charge in [0.05, 0.1) is 5.36 Å². The Morgan fingerprint density at radius 2 is 1.26 bits per heavy atom. The zero-order valence-electron chi connectivity index (χ0n) is 15.3. The van der Waals surface area contributed by atoms with Gasteiger partial charge in [-0.05, 0) is 25.0 Å². The third-order valence-electron chi connectivity index (χ3n) is 4.20. The molecule has 0 aromatic carbocycles. The Bertz CT molecular complexity index is 405. The van der Waals surface area contributed by atoms with Gasteiger partial charge in [-0.2, -0.15) is 0 Å². The molecule has 0 amide bonds. The highest BCUT2D eigenvalue weighted by Crippen LogP contribution is 2.05. The van der Waals surface area contributed by atoms with Gasteiger partial charge in [-0.25, -0.2) is 0 Å². The molecule has 0 aliphatic carbocycles. The van der Waals surface area contributed by atoms with E-state index in [0.717, 1.165) is 18.4 Å². The van der Waals surface area contributed by atoms with Gasteiger partial charge in [-0.1, -0.05) is 71.6 Å². The van der Waals surface area contributed by atoms with Gasteiger partial charge in [0.15, 0.2) is 0 Å². The Balaban J connectivity index is 0.00000484. The van der Waals surface area contributed by atoms with Gasteiger partial charge in [-0.3, -0.25) is 4.99 Å². The third kappa shape index (κ3) is 12.5. The number of rotatable bonds is 13. The smallest absolute Gasteiger partial charge is 0.0603 e. The fraction of sp³-hybridized carbons (Fsp3) is 0.750. The predicted octanol–water partition coefficient (Wildman–Crippen LogP) is 6.30. The minimum Gasteiger partial charge on any atom is -0.354 e. The number of pyridine rings is 1. The summed E-state index contributed by atoms with van der Waals surface area (Å²) < 4.78 is 2.29.